The van der Waals surface area contributed by atoms with E-state index >= 15 is 0 Å². The zero-order chi connectivity index (χ0) is 12.5. The van der Waals surface area contributed by atoms with Crippen LogP contribution in [0.2, 0.25) is 0 Å². The van der Waals surface area contributed by atoms with Crippen LogP contribution in [0.5, 0.6) is 0 Å². The van der Waals surface area contributed by atoms with E-state index in [9.17, 15) is 0 Å². The van der Waals surface area contributed by atoms with Gasteiger partial charge in [-0.1, -0.05) is 6.92 Å². The first-order chi connectivity index (χ1) is 8.78. The molecule has 0 spiro atoms. The maximum Gasteiger partial charge on any atom is 0.0415 e. The molecule has 0 bridgehead atoms. The maximum absolute atomic E-state index is 2.71. The molecule has 98 valence electrons. The van der Waals surface area contributed by atoms with Crippen LogP contribution in [0.4, 0.5) is 5.69 Å². The third-order valence-corrected chi connectivity index (χ3v) is 5.14. The second kappa shape index (κ2) is 5.37. The molecule has 0 amide bonds. The molecule has 0 aromatic heterocycles. The molecule has 2 atom stereocenters. The van der Waals surface area contributed by atoms with E-state index in [1.807, 2.05) is 0 Å². The molecule has 2 fully saturated rings. The lowest BCUT2D eigenvalue weighted by Gasteiger charge is -2.45. The summed E-state index contributed by atoms with van der Waals surface area (Å²) < 4.78 is 1.32. The molecular weight excluding hydrogens is 335 g/mol. The lowest BCUT2D eigenvalue weighted by molar-refractivity contribution is 0.195. The summed E-state index contributed by atoms with van der Waals surface area (Å²) in [6, 6.07) is 10.5. The van der Waals surface area contributed by atoms with Gasteiger partial charge in [0.25, 0.3) is 0 Å². The Morgan fingerprint density at radius 1 is 1.22 bits per heavy atom. The van der Waals surface area contributed by atoms with Crippen molar-refractivity contribution in [2.75, 3.05) is 24.5 Å². The Hall–Kier alpha value is -0.290. The lowest BCUT2D eigenvalue weighted by atomic mass is 10.0. The molecule has 1 aromatic carbocycles. The van der Waals surface area contributed by atoms with Crippen LogP contribution in [0, 0.1) is 3.57 Å². The van der Waals surface area contributed by atoms with Gasteiger partial charge in [0.05, 0.1) is 0 Å². The highest BCUT2D eigenvalue weighted by atomic mass is 127. The molecule has 3 rings (SSSR count). The predicted molar refractivity (Wildman–Crippen MR) is 85.2 cm³/mol. The molecule has 2 saturated heterocycles. The van der Waals surface area contributed by atoms with Crippen LogP contribution in [0.15, 0.2) is 24.3 Å². The highest BCUT2D eigenvalue weighted by Crippen LogP contribution is 2.30. The minimum absolute atomic E-state index is 0.694. The Balaban J connectivity index is 1.82. The van der Waals surface area contributed by atoms with E-state index < -0.39 is 0 Å². The second-order valence-electron chi connectivity index (χ2n) is 5.48. The fraction of sp³-hybridized carbons (Fsp3) is 0.600. The number of fused-ring (bicyclic) bond motifs is 1. The van der Waals surface area contributed by atoms with Crippen molar-refractivity contribution < 1.29 is 0 Å². The van der Waals surface area contributed by atoms with E-state index in [0.29, 0.717) is 6.04 Å². The quantitative estimate of drug-likeness (QED) is 0.750. The predicted octanol–water partition coefficient (Wildman–Crippen LogP) is 3.35. The minimum atomic E-state index is 0.694. The number of halogens is 1. The van der Waals surface area contributed by atoms with E-state index in [1.54, 1.807) is 0 Å². The fourth-order valence-corrected chi connectivity index (χ4v) is 3.75. The van der Waals surface area contributed by atoms with Crippen LogP contribution >= 0.6 is 22.6 Å². The fourth-order valence-electron chi connectivity index (χ4n) is 3.39. The first-order valence-corrected chi connectivity index (χ1v) is 8.12. The van der Waals surface area contributed by atoms with Crippen molar-refractivity contribution in [1.29, 1.82) is 0 Å². The van der Waals surface area contributed by atoms with Gasteiger partial charge in [0, 0.05) is 34.4 Å². The average molecular weight is 356 g/mol. The highest BCUT2D eigenvalue weighted by molar-refractivity contribution is 14.1. The lowest BCUT2D eigenvalue weighted by Crippen LogP contribution is -2.56. The smallest absolute Gasteiger partial charge is 0.0415 e. The van der Waals surface area contributed by atoms with E-state index in [0.717, 1.165) is 6.04 Å². The Kier molecular flexibility index (Phi) is 3.80. The van der Waals surface area contributed by atoms with Crippen molar-refractivity contribution in [3.05, 3.63) is 27.8 Å². The van der Waals surface area contributed by atoms with Gasteiger partial charge in [-0.15, -0.1) is 0 Å². The number of nitrogens with zero attached hydrogens (tertiary/aromatic N) is 2. The molecule has 3 heteroatoms. The number of hydrogen-bond acceptors (Lipinski definition) is 2. The third-order valence-electron chi connectivity index (χ3n) is 4.42. The SMILES string of the molecule is CCC1CN2CCCC2CN1c1ccc(I)cc1. The summed E-state index contributed by atoms with van der Waals surface area (Å²) in [4.78, 5) is 5.35. The molecule has 2 nitrogen and oxygen atoms in total. The zero-order valence-electron chi connectivity index (χ0n) is 11.0. The van der Waals surface area contributed by atoms with Crippen LogP contribution in [-0.2, 0) is 0 Å². The Morgan fingerprint density at radius 2 is 2.00 bits per heavy atom. The van der Waals surface area contributed by atoms with E-state index in [4.69, 9.17) is 0 Å². The van der Waals surface area contributed by atoms with Gasteiger partial charge in [-0.3, -0.25) is 4.90 Å². The Morgan fingerprint density at radius 3 is 2.72 bits per heavy atom. The molecule has 18 heavy (non-hydrogen) atoms. The molecular formula is C15H21IN2. The molecule has 0 N–H and O–H groups in total. The summed E-state index contributed by atoms with van der Waals surface area (Å²) >= 11 is 2.38. The van der Waals surface area contributed by atoms with Crippen LogP contribution in [0.25, 0.3) is 0 Å². The monoisotopic (exact) mass is 356 g/mol. The summed E-state index contributed by atoms with van der Waals surface area (Å²) in [7, 11) is 0. The number of benzene rings is 1. The van der Waals surface area contributed by atoms with Crippen LogP contribution in [0.1, 0.15) is 26.2 Å². The van der Waals surface area contributed by atoms with Crippen LogP contribution in [0.3, 0.4) is 0 Å². The van der Waals surface area contributed by atoms with E-state index in [-0.39, 0.29) is 0 Å². The topological polar surface area (TPSA) is 6.48 Å². The molecule has 2 unspecified atom stereocenters. The van der Waals surface area contributed by atoms with Crippen LogP contribution < -0.4 is 4.90 Å². The van der Waals surface area contributed by atoms with E-state index in [1.165, 1.54) is 48.2 Å². The Bertz CT molecular complexity index is 403. The highest BCUT2D eigenvalue weighted by Gasteiger charge is 2.35. The summed E-state index contributed by atoms with van der Waals surface area (Å²) in [5.41, 5.74) is 1.41. The molecule has 2 heterocycles. The Labute approximate surface area is 123 Å². The number of hydrogen-bond donors (Lipinski definition) is 0. The largest absolute Gasteiger partial charge is 0.366 e. The van der Waals surface area contributed by atoms with Crippen molar-refractivity contribution in [2.24, 2.45) is 0 Å². The number of anilines is 1. The summed E-state index contributed by atoms with van der Waals surface area (Å²) in [5, 5.41) is 0. The van der Waals surface area contributed by atoms with Gasteiger partial charge >= 0.3 is 0 Å². The molecule has 2 aliphatic rings. The van der Waals surface area contributed by atoms with Crippen molar-refractivity contribution in [1.82, 2.24) is 4.90 Å². The van der Waals surface area contributed by atoms with Gasteiger partial charge in [-0.25, -0.2) is 0 Å². The number of piperazine rings is 1. The maximum atomic E-state index is 2.71. The second-order valence-corrected chi connectivity index (χ2v) is 6.73. The first kappa shape index (κ1) is 12.7. The summed E-state index contributed by atoms with van der Waals surface area (Å²) in [6.45, 7) is 6.12. The number of rotatable bonds is 2. The molecule has 0 aliphatic carbocycles. The van der Waals surface area contributed by atoms with Crippen molar-refractivity contribution in [3.63, 3.8) is 0 Å². The van der Waals surface area contributed by atoms with Gasteiger partial charge < -0.3 is 4.90 Å². The standard InChI is InChI=1S/C15H21IN2/c1-2-13-10-17-9-3-4-15(17)11-18(13)14-7-5-12(16)6-8-14/h5-8,13,15H,2-4,9-11H2,1H3. The van der Waals surface area contributed by atoms with Gasteiger partial charge in [0.1, 0.15) is 0 Å². The third kappa shape index (κ3) is 2.39. The van der Waals surface area contributed by atoms with Crippen LogP contribution in [-0.4, -0.2) is 36.6 Å². The summed E-state index contributed by atoms with van der Waals surface area (Å²) in [5.74, 6) is 0. The first-order valence-electron chi connectivity index (χ1n) is 7.04. The van der Waals surface area contributed by atoms with Crippen molar-refractivity contribution in [2.45, 2.75) is 38.3 Å². The van der Waals surface area contributed by atoms with Gasteiger partial charge in [0.15, 0.2) is 0 Å². The van der Waals surface area contributed by atoms with Gasteiger partial charge in [-0.2, -0.15) is 0 Å². The van der Waals surface area contributed by atoms with Gasteiger partial charge in [-0.05, 0) is 72.7 Å². The molecule has 2 aliphatic heterocycles. The zero-order valence-corrected chi connectivity index (χ0v) is 13.1. The molecule has 1 aromatic rings. The average Bonchev–Trinajstić information content (AvgIpc) is 2.85. The summed E-state index contributed by atoms with van der Waals surface area (Å²) in [6.07, 6.45) is 4.02. The normalized spacial score (nSPS) is 28.4. The van der Waals surface area contributed by atoms with Crippen molar-refractivity contribution >= 4 is 28.3 Å². The minimum Gasteiger partial charge on any atom is -0.366 e. The van der Waals surface area contributed by atoms with Gasteiger partial charge in [0.2, 0.25) is 0 Å². The van der Waals surface area contributed by atoms with Crippen molar-refractivity contribution in [3.8, 4) is 0 Å². The molecule has 0 saturated carbocycles. The van der Waals surface area contributed by atoms with E-state index in [2.05, 4.69) is 63.6 Å². The molecule has 0 radical (unpaired) electrons.